The second kappa shape index (κ2) is 5.41. The zero-order chi connectivity index (χ0) is 9.61. The summed E-state index contributed by atoms with van der Waals surface area (Å²) in [4.78, 5) is 0. The molecule has 2 unspecified atom stereocenters. The monoisotopic (exact) mass is 188 g/mol. The van der Waals surface area contributed by atoms with Crippen molar-refractivity contribution in [3.63, 3.8) is 0 Å². The molecule has 0 aliphatic heterocycles. The molecule has 0 aromatic rings. The Kier molecular flexibility index (Phi) is 5.31. The molecule has 0 saturated carbocycles. The fraction of sp³-hybridized carbons (Fsp3) is 0.875. The first-order chi connectivity index (χ1) is 5.58. The van der Waals surface area contributed by atoms with Gasteiger partial charge in [-0.25, -0.2) is 0 Å². The van der Waals surface area contributed by atoms with Crippen LogP contribution in [0.4, 0.5) is 0 Å². The van der Waals surface area contributed by atoms with E-state index in [0.717, 1.165) is 0 Å². The van der Waals surface area contributed by atoms with Crippen LogP contribution in [-0.2, 0) is 0 Å². The van der Waals surface area contributed by atoms with Crippen LogP contribution in [0.2, 0.25) is 0 Å². The fourth-order valence-corrected chi connectivity index (χ4v) is 1.45. The largest absolute Gasteiger partial charge is 0.395 e. The molecular formula is C8H16N2OS. The molecule has 4 heteroatoms. The second-order valence-corrected chi connectivity index (χ2v) is 4.42. The standard InChI is InChI=1S/C8H16N2OS/c1-7(4-11)12-6-8(2,5-9)10-3/h7,10-11H,4,6H2,1-3H3. The molecule has 0 saturated heterocycles. The Balaban J connectivity index is 3.83. The quantitative estimate of drug-likeness (QED) is 0.663. The van der Waals surface area contributed by atoms with E-state index in [2.05, 4.69) is 11.4 Å². The molecule has 70 valence electrons. The normalized spacial score (nSPS) is 17.9. The van der Waals surface area contributed by atoms with Gasteiger partial charge in [0.05, 0.1) is 12.7 Å². The number of aliphatic hydroxyl groups excluding tert-OH is 1. The summed E-state index contributed by atoms with van der Waals surface area (Å²) in [7, 11) is 1.77. The fourth-order valence-electron chi connectivity index (χ4n) is 0.522. The summed E-state index contributed by atoms with van der Waals surface area (Å²) in [6.07, 6.45) is 0. The van der Waals surface area contributed by atoms with E-state index in [-0.39, 0.29) is 11.9 Å². The predicted octanol–water partition coefficient (Wildman–Crippen LogP) is 0.602. The lowest BCUT2D eigenvalue weighted by atomic mass is 10.1. The molecule has 3 nitrogen and oxygen atoms in total. The van der Waals surface area contributed by atoms with E-state index >= 15 is 0 Å². The first kappa shape index (κ1) is 11.8. The summed E-state index contributed by atoms with van der Waals surface area (Å²) in [5, 5.41) is 20.7. The first-order valence-electron chi connectivity index (χ1n) is 3.90. The summed E-state index contributed by atoms with van der Waals surface area (Å²) >= 11 is 1.60. The van der Waals surface area contributed by atoms with Crippen LogP contribution in [-0.4, -0.2) is 35.3 Å². The van der Waals surface area contributed by atoms with Gasteiger partial charge < -0.3 is 10.4 Å². The zero-order valence-electron chi connectivity index (χ0n) is 7.79. The van der Waals surface area contributed by atoms with Crippen LogP contribution >= 0.6 is 11.8 Å². The number of hydrogen-bond donors (Lipinski definition) is 2. The Morgan fingerprint density at radius 2 is 2.33 bits per heavy atom. The molecule has 2 N–H and O–H groups in total. The van der Waals surface area contributed by atoms with Gasteiger partial charge in [0.15, 0.2) is 0 Å². The Hall–Kier alpha value is -0.240. The van der Waals surface area contributed by atoms with Gasteiger partial charge in [-0.15, -0.1) is 0 Å². The molecule has 0 fully saturated rings. The molecule has 0 rings (SSSR count). The Morgan fingerprint density at radius 1 is 1.75 bits per heavy atom. The van der Waals surface area contributed by atoms with Crippen LogP contribution in [0.15, 0.2) is 0 Å². The summed E-state index contributed by atoms with van der Waals surface area (Å²) in [6.45, 7) is 3.96. The third kappa shape index (κ3) is 3.96. The van der Waals surface area contributed by atoms with E-state index in [1.807, 2.05) is 13.8 Å². The number of nitrogens with zero attached hydrogens (tertiary/aromatic N) is 1. The lowest BCUT2D eigenvalue weighted by molar-refractivity contribution is 0.300. The maximum atomic E-state index is 8.78. The van der Waals surface area contributed by atoms with Crippen molar-refractivity contribution in [2.75, 3.05) is 19.4 Å². The molecule has 0 aliphatic rings. The van der Waals surface area contributed by atoms with Gasteiger partial charge in [-0.2, -0.15) is 17.0 Å². The highest BCUT2D eigenvalue weighted by atomic mass is 32.2. The van der Waals surface area contributed by atoms with Crippen LogP contribution in [0.25, 0.3) is 0 Å². The van der Waals surface area contributed by atoms with Crippen LogP contribution in [0, 0.1) is 11.3 Å². The van der Waals surface area contributed by atoms with Gasteiger partial charge in [-0.1, -0.05) is 6.92 Å². The minimum atomic E-state index is -0.478. The van der Waals surface area contributed by atoms with Gasteiger partial charge >= 0.3 is 0 Å². The summed E-state index contributed by atoms with van der Waals surface area (Å²) in [5.74, 6) is 0.696. The van der Waals surface area contributed by atoms with Gasteiger partial charge in [0, 0.05) is 11.0 Å². The zero-order valence-corrected chi connectivity index (χ0v) is 8.61. The lowest BCUT2D eigenvalue weighted by Gasteiger charge is -2.21. The average Bonchev–Trinajstić information content (AvgIpc) is 2.13. The third-order valence-corrected chi connectivity index (χ3v) is 3.17. The van der Waals surface area contributed by atoms with Crippen LogP contribution in [0.3, 0.4) is 0 Å². The highest BCUT2D eigenvalue weighted by molar-refractivity contribution is 8.00. The Morgan fingerprint density at radius 3 is 2.67 bits per heavy atom. The minimum absolute atomic E-state index is 0.163. The van der Waals surface area contributed by atoms with Crippen molar-refractivity contribution in [2.45, 2.75) is 24.6 Å². The summed E-state index contributed by atoms with van der Waals surface area (Å²) in [6, 6.07) is 2.19. The number of nitrogens with one attached hydrogen (secondary N) is 1. The minimum Gasteiger partial charge on any atom is -0.395 e. The van der Waals surface area contributed by atoms with E-state index in [0.29, 0.717) is 5.75 Å². The van der Waals surface area contributed by atoms with Crippen molar-refractivity contribution >= 4 is 11.8 Å². The highest BCUT2D eigenvalue weighted by Gasteiger charge is 2.21. The molecule has 0 aliphatic carbocycles. The number of rotatable bonds is 5. The Bertz CT molecular complexity index is 169. The van der Waals surface area contributed by atoms with Gasteiger partial charge in [0.25, 0.3) is 0 Å². The number of thioether (sulfide) groups is 1. The van der Waals surface area contributed by atoms with Crippen molar-refractivity contribution in [3.05, 3.63) is 0 Å². The maximum absolute atomic E-state index is 8.78. The van der Waals surface area contributed by atoms with Crippen molar-refractivity contribution in [1.82, 2.24) is 5.32 Å². The lowest BCUT2D eigenvalue weighted by Crippen LogP contribution is -2.41. The molecule has 0 radical (unpaired) electrons. The molecule has 0 aromatic carbocycles. The van der Waals surface area contributed by atoms with Gasteiger partial charge in [-0.3, -0.25) is 0 Å². The second-order valence-electron chi connectivity index (χ2n) is 3.00. The predicted molar refractivity (Wildman–Crippen MR) is 52.1 cm³/mol. The number of hydrogen-bond acceptors (Lipinski definition) is 4. The molecule has 0 heterocycles. The molecule has 2 atom stereocenters. The van der Waals surface area contributed by atoms with Crippen molar-refractivity contribution < 1.29 is 5.11 Å². The molecule has 12 heavy (non-hydrogen) atoms. The summed E-state index contributed by atoms with van der Waals surface area (Å²) in [5.41, 5.74) is -0.478. The van der Waals surface area contributed by atoms with Crippen LogP contribution in [0.1, 0.15) is 13.8 Å². The Labute approximate surface area is 78.2 Å². The van der Waals surface area contributed by atoms with Crippen molar-refractivity contribution in [2.24, 2.45) is 0 Å². The number of aliphatic hydroxyl groups is 1. The van der Waals surface area contributed by atoms with Crippen molar-refractivity contribution in [1.29, 1.82) is 5.26 Å². The van der Waals surface area contributed by atoms with Crippen molar-refractivity contribution in [3.8, 4) is 6.07 Å². The van der Waals surface area contributed by atoms with E-state index in [1.165, 1.54) is 0 Å². The van der Waals surface area contributed by atoms with Crippen LogP contribution in [0.5, 0.6) is 0 Å². The van der Waals surface area contributed by atoms with E-state index < -0.39 is 5.54 Å². The summed E-state index contributed by atoms with van der Waals surface area (Å²) < 4.78 is 0. The molecule has 0 aromatic heterocycles. The van der Waals surface area contributed by atoms with Crippen LogP contribution < -0.4 is 5.32 Å². The average molecular weight is 188 g/mol. The van der Waals surface area contributed by atoms with Gasteiger partial charge in [0.2, 0.25) is 0 Å². The van der Waals surface area contributed by atoms with Gasteiger partial charge in [0.1, 0.15) is 5.54 Å². The SMILES string of the molecule is CNC(C)(C#N)CSC(C)CO. The van der Waals surface area contributed by atoms with Gasteiger partial charge in [-0.05, 0) is 14.0 Å². The highest BCUT2D eigenvalue weighted by Crippen LogP contribution is 2.16. The number of nitriles is 1. The first-order valence-corrected chi connectivity index (χ1v) is 4.95. The van der Waals surface area contributed by atoms with E-state index in [4.69, 9.17) is 10.4 Å². The molecule has 0 bridgehead atoms. The molecule has 0 amide bonds. The topological polar surface area (TPSA) is 56.0 Å². The molecule has 0 spiro atoms. The maximum Gasteiger partial charge on any atom is 0.112 e. The molecular weight excluding hydrogens is 172 g/mol. The van der Waals surface area contributed by atoms with E-state index in [1.54, 1.807) is 18.8 Å². The van der Waals surface area contributed by atoms with E-state index in [9.17, 15) is 0 Å². The smallest absolute Gasteiger partial charge is 0.112 e. The third-order valence-electron chi connectivity index (χ3n) is 1.71.